The van der Waals surface area contributed by atoms with Gasteiger partial charge in [-0.25, -0.2) is 4.39 Å². The van der Waals surface area contributed by atoms with E-state index in [0.29, 0.717) is 30.6 Å². The molecule has 1 unspecified atom stereocenters. The summed E-state index contributed by atoms with van der Waals surface area (Å²) in [6.07, 6.45) is 0. The van der Waals surface area contributed by atoms with Crippen molar-refractivity contribution in [1.82, 2.24) is 20.4 Å². The van der Waals surface area contributed by atoms with Crippen molar-refractivity contribution in [2.45, 2.75) is 19.0 Å². The number of hydrogen-bond donors (Lipinski definition) is 2. The Hall–Kier alpha value is -2.45. The molecule has 2 aliphatic rings. The SMILES string of the molecule is CNC(=O)c1cc(C(=O)NC2[C@H]3COC[C@@H]23)n([C@H](C)c2cc(F)cc(Cl)c2)n1. The van der Waals surface area contributed by atoms with Gasteiger partial charge in [0.1, 0.15) is 11.5 Å². The van der Waals surface area contributed by atoms with E-state index in [9.17, 15) is 14.0 Å². The van der Waals surface area contributed by atoms with E-state index in [1.807, 2.05) is 0 Å². The molecule has 0 radical (unpaired) electrons. The van der Waals surface area contributed by atoms with Crippen molar-refractivity contribution in [3.05, 3.63) is 52.1 Å². The molecular formula is C19H20ClFN4O3. The first-order chi connectivity index (χ1) is 13.4. The minimum atomic E-state index is -0.505. The summed E-state index contributed by atoms with van der Waals surface area (Å²) in [5.41, 5.74) is 0.890. The minimum absolute atomic E-state index is 0.0759. The van der Waals surface area contributed by atoms with Gasteiger partial charge in [0, 0.05) is 36.0 Å². The minimum Gasteiger partial charge on any atom is -0.381 e. The van der Waals surface area contributed by atoms with E-state index < -0.39 is 17.8 Å². The Morgan fingerprint density at radius 2 is 1.96 bits per heavy atom. The number of nitrogens with zero attached hydrogens (tertiary/aromatic N) is 2. The number of fused-ring (bicyclic) bond motifs is 1. The van der Waals surface area contributed by atoms with Crippen molar-refractivity contribution in [2.75, 3.05) is 20.3 Å². The lowest BCUT2D eigenvalue weighted by atomic mass is 10.1. The zero-order chi connectivity index (χ0) is 20.0. The van der Waals surface area contributed by atoms with Gasteiger partial charge in [-0.1, -0.05) is 11.6 Å². The second-order valence-corrected chi connectivity index (χ2v) is 7.62. The average Bonchev–Trinajstić information content (AvgIpc) is 3.07. The number of hydrogen-bond acceptors (Lipinski definition) is 4. The van der Waals surface area contributed by atoms with Crippen molar-refractivity contribution in [1.29, 1.82) is 0 Å². The lowest BCUT2D eigenvalue weighted by Crippen LogP contribution is -2.32. The van der Waals surface area contributed by atoms with E-state index in [2.05, 4.69) is 15.7 Å². The van der Waals surface area contributed by atoms with Gasteiger partial charge < -0.3 is 15.4 Å². The van der Waals surface area contributed by atoms with Crippen LogP contribution in [0.15, 0.2) is 24.3 Å². The van der Waals surface area contributed by atoms with Gasteiger partial charge in [-0.05, 0) is 30.7 Å². The maximum atomic E-state index is 13.8. The first-order valence-electron chi connectivity index (χ1n) is 9.05. The number of amides is 2. The summed E-state index contributed by atoms with van der Waals surface area (Å²) >= 11 is 5.97. The number of halogens is 2. The van der Waals surface area contributed by atoms with Crippen molar-refractivity contribution >= 4 is 23.4 Å². The highest BCUT2D eigenvalue weighted by atomic mass is 35.5. The first-order valence-corrected chi connectivity index (χ1v) is 9.43. The molecule has 1 saturated heterocycles. The first kappa shape index (κ1) is 18.9. The average molecular weight is 407 g/mol. The third-order valence-corrected chi connectivity index (χ3v) is 5.63. The molecule has 2 heterocycles. The number of carbonyl (C=O) groups excluding carboxylic acids is 2. The highest BCUT2D eigenvalue weighted by molar-refractivity contribution is 6.30. The predicted octanol–water partition coefficient (Wildman–Crippen LogP) is 2.02. The maximum Gasteiger partial charge on any atom is 0.271 e. The van der Waals surface area contributed by atoms with E-state index in [4.69, 9.17) is 16.3 Å². The molecule has 2 aromatic rings. The number of ether oxygens (including phenoxy) is 1. The quantitative estimate of drug-likeness (QED) is 0.795. The smallest absolute Gasteiger partial charge is 0.271 e. The monoisotopic (exact) mass is 406 g/mol. The topological polar surface area (TPSA) is 85.3 Å². The molecule has 2 amide bonds. The van der Waals surface area contributed by atoms with Gasteiger partial charge in [0.2, 0.25) is 0 Å². The van der Waals surface area contributed by atoms with Gasteiger partial charge in [0.05, 0.1) is 19.3 Å². The molecule has 28 heavy (non-hydrogen) atoms. The Balaban J connectivity index is 1.65. The molecule has 9 heteroatoms. The van der Waals surface area contributed by atoms with E-state index in [1.54, 1.807) is 13.0 Å². The van der Waals surface area contributed by atoms with Crippen LogP contribution in [0.25, 0.3) is 0 Å². The summed E-state index contributed by atoms with van der Waals surface area (Å²) in [4.78, 5) is 24.9. The van der Waals surface area contributed by atoms with Crippen molar-refractivity contribution in [3.8, 4) is 0 Å². The fraction of sp³-hybridized carbons (Fsp3) is 0.421. The lowest BCUT2D eigenvalue weighted by molar-refractivity contribution is 0.0915. The molecule has 2 fully saturated rings. The highest BCUT2D eigenvalue weighted by Gasteiger charge is 2.55. The van der Waals surface area contributed by atoms with E-state index >= 15 is 0 Å². The molecule has 4 rings (SSSR count). The van der Waals surface area contributed by atoms with E-state index in [1.165, 1.54) is 29.9 Å². The van der Waals surface area contributed by atoms with Gasteiger partial charge in [-0.3, -0.25) is 14.3 Å². The third kappa shape index (κ3) is 3.38. The van der Waals surface area contributed by atoms with Crippen molar-refractivity contribution < 1.29 is 18.7 Å². The fourth-order valence-electron chi connectivity index (χ4n) is 3.73. The largest absolute Gasteiger partial charge is 0.381 e. The van der Waals surface area contributed by atoms with E-state index in [-0.39, 0.29) is 28.4 Å². The Bertz CT molecular complexity index is 917. The second kappa shape index (κ2) is 7.18. The summed E-state index contributed by atoms with van der Waals surface area (Å²) in [7, 11) is 1.49. The van der Waals surface area contributed by atoms with Crippen LogP contribution in [0.3, 0.4) is 0 Å². The van der Waals surface area contributed by atoms with Crippen LogP contribution < -0.4 is 10.6 Å². The zero-order valence-electron chi connectivity index (χ0n) is 15.4. The van der Waals surface area contributed by atoms with Crippen LogP contribution in [-0.2, 0) is 4.74 Å². The Labute approximate surface area is 166 Å². The van der Waals surface area contributed by atoms with Gasteiger partial charge in [-0.15, -0.1) is 0 Å². The number of rotatable bonds is 5. The Morgan fingerprint density at radius 3 is 2.61 bits per heavy atom. The Kier molecular flexibility index (Phi) is 4.84. The molecule has 4 atom stereocenters. The predicted molar refractivity (Wildman–Crippen MR) is 99.9 cm³/mol. The molecular weight excluding hydrogens is 387 g/mol. The summed E-state index contributed by atoms with van der Waals surface area (Å²) < 4.78 is 20.6. The van der Waals surface area contributed by atoms with Gasteiger partial charge >= 0.3 is 0 Å². The number of nitrogens with one attached hydrogen (secondary N) is 2. The van der Waals surface area contributed by atoms with Crippen LogP contribution in [0, 0.1) is 17.7 Å². The normalized spacial score (nSPS) is 23.8. The number of aromatic nitrogens is 2. The Morgan fingerprint density at radius 1 is 1.25 bits per heavy atom. The van der Waals surface area contributed by atoms with Crippen LogP contribution >= 0.6 is 11.6 Å². The van der Waals surface area contributed by atoms with Gasteiger partial charge in [0.25, 0.3) is 11.8 Å². The highest BCUT2D eigenvalue weighted by Crippen LogP contribution is 2.44. The molecule has 0 bridgehead atoms. The van der Waals surface area contributed by atoms with Crippen LogP contribution in [0.1, 0.15) is 39.5 Å². The summed E-state index contributed by atoms with van der Waals surface area (Å²) in [5, 5.41) is 10.0. The standard InChI is InChI=1S/C19H20ClFN4O3/c1-9(10-3-11(20)5-12(21)4-10)25-16(6-15(24-25)18(26)22-2)19(27)23-17-13-7-28-8-14(13)17/h3-6,9,13-14,17H,7-8H2,1-2H3,(H,22,26)(H,23,27)/t9-,13-,14+,17?/m1/s1. The summed E-state index contributed by atoms with van der Waals surface area (Å²) in [6.45, 7) is 3.06. The van der Waals surface area contributed by atoms with E-state index in [0.717, 1.165) is 0 Å². The van der Waals surface area contributed by atoms with Crippen molar-refractivity contribution in [3.63, 3.8) is 0 Å². The van der Waals surface area contributed by atoms with Crippen molar-refractivity contribution in [2.24, 2.45) is 11.8 Å². The molecule has 1 aliphatic carbocycles. The van der Waals surface area contributed by atoms with Crippen LogP contribution in [0.4, 0.5) is 4.39 Å². The molecule has 2 N–H and O–H groups in total. The summed E-state index contributed by atoms with van der Waals surface area (Å²) in [5.74, 6) is -0.522. The van der Waals surface area contributed by atoms with Crippen LogP contribution in [-0.4, -0.2) is 47.9 Å². The summed E-state index contributed by atoms with van der Waals surface area (Å²) in [6, 6.07) is 5.17. The molecule has 1 saturated carbocycles. The van der Waals surface area contributed by atoms with Crippen LogP contribution in [0.2, 0.25) is 5.02 Å². The zero-order valence-corrected chi connectivity index (χ0v) is 16.2. The lowest BCUT2D eigenvalue weighted by Gasteiger charge is -2.17. The maximum absolute atomic E-state index is 13.8. The molecule has 148 valence electrons. The molecule has 0 spiro atoms. The number of carbonyl (C=O) groups is 2. The van der Waals surface area contributed by atoms with Crippen LogP contribution in [0.5, 0.6) is 0 Å². The second-order valence-electron chi connectivity index (χ2n) is 7.18. The molecule has 1 aromatic carbocycles. The molecule has 7 nitrogen and oxygen atoms in total. The van der Waals surface area contributed by atoms with Gasteiger partial charge in [-0.2, -0.15) is 5.10 Å². The molecule has 1 aromatic heterocycles. The third-order valence-electron chi connectivity index (χ3n) is 5.41. The number of benzene rings is 1. The van der Waals surface area contributed by atoms with Gasteiger partial charge in [0.15, 0.2) is 5.69 Å². The fourth-order valence-corrected chi connectivity index (χ4v) is 3.97. The molecule has 1 aliphatic heterocycles.